The summed E-state index contributed by atoms with van der Waals surface area (Å²) in [5, 5.41) is 13.5. The Balaban J connectivity index is 1.67. The van der Waals surface area contributed by atoms with E-state index in [0.29, 0.717) is 6.04 Å². The predicted octanol–water partition coefficient (Wildman–Crippen LogP) is 3.11. The van der Waals surface area contributed by atoms with Crippen LogP contribution in [-0.2, 0) is 0 Å². The highest BCUT2D eigenvalue weighted by Gasteiger charge is 2.40. The normalized spacial score (nSPS) is 29.4. The lowest BCUT2D eigenvalue weighted by atomic mass is 9.80. The highest BCUT2D eigenvalue weighted by Crippen LogP contribution is 2.34. The van der Waals surface area contributed by atoms with Crippen LogP contribution >= 0.6 is 0 Å². The third-order valence-electron chi connectivity index (χ3n) is 4.69. The maximum Gasteiger partial charge on any atom is 0.120 e. The summed E-state index contributed by atoms with van der Waals surface area (Å²) < 4.78 is 6.22. The number of aliphatic hydroxyl groups is 1. The summed E-state index contributed by atoms with van der Waals surface area (Å²) in [4.78, 5) is 0. The van der Waals surface area contributed by atoms with Gasteiger partial charge < -0.3 is 15.2 Å². The van der Waals surface area contributed by atoms with Gasteiger partial charge in [0.1, 0.15) is 11.9 Å². The number of nitrogens with one attached hydrogen (secondary N) is 1. The smallest absolute Gasteiger partial charge is 0.120 e. The molecular weight excluding hydrogens is 262 g/mol. The minimum atomic E-state index is -0.122. The third-order valence-corrected chi connectivity index (χ3v) is 4.69. The molecule has 0 heterocycles. The van der Waals surface area contributed by atoms with Crippen LogP contribution in [0, 0.1) is 13.8 Å². The number of ether oxygens (including phenoxy) is 1. The van der Waals surface area contributed by atoms with E-state index in [4.69, 9.17) is 4.74 Å². The van der Waals surface area contributed by atoms with Gasteiger partial charge in [-0.05, 0) is 69.2 Å². The summed E-state index contributed by atoms with van der Waals surface area (Å²) in [6.07, 6.45) is 6.89. The number of hydrogen-bond acceptors (Lipinski definition) is 3. The summed E-state index contributed by atoms with van der Waals surface area (Å²) in [6, 6.07) is 7.00. The van der Waals surface area contributed by atoms with E-state index < -0.39 is 0 Å². The molecule has 0 radical (unpaired) electrons. The van der Waals surface area contributed by atoms with Crippen molar-refractivity contribution in [2.75, 3.05) is 6.61 Å². The summed E-state index contributed by atoms with van der Waals surface area (Å²) in [5.41, 5.74) is 2.36. The third kappa shape index (κ3) is 3.78. The van der Waals surface area contributed by atoms with Gasteiger partial charge in [0, 0.05) is 18.0 Å². The average Bonchev–Trinajstić information content (AvgIpc) is 3.21. The molecule has 2 aliphatic carbocycles. The standard InChI is InChI=1S/C18H27NO2/c1-13-8-14(2)10-17(9-13)21-16-4-3-7-18(11-16,12-20)19-15-5-6-15/h8-10,15-16,19-20H,3-7,11-12H2,1-2H3. The second-order valence-electron chi connectivity index (χ2n) is 7.02. The molecule has 1 aromatic rings. The lowest BCUT2D eigenvalue weighted by Crippen LogP contribution is -2.54. The van der Waals surface area contributed by atoms with Crippen LogP contribution in [0.3, 0.4) is 0 Å². The second-order valence-corrected chi connectivity index (χ2v) is 7.02. The summed E-state index contributed by atoms with van der Waals surface area (Å²) in [6.45, 7) is 4.43. The fourth-order valence-corrected chi connectivity index (χ4v) is 3.58. The van der Waals surface area contributed by atoms with E-state index >= 15 is 0 Å². The van der Waals surface area contributed by atoms with Crippen molar-refractivity contribution in [2.45, 2.75) is 70.1 Å². The lowest BCUT2D eigenvalue weighted by Gasteiger charge is -2.40. The van der Waals surface area contributed by atoms with Crippen molar-refractivity contribution >= 4 is 0 Å². The molecule has 0 amide bonds. The van der Waals surface area contributed by atoms with E-state index in [1.807, 2.05) is 0 Å². The number of aliphatic hydroxyl groups excluding tert-OH is 1. The van der Waals surface area contributed by atoms with Crippen molar-refractivity contribution in [1.82, 2.24) is 5.32 Å². The maximum absolute atomic E-state index is 9.87. The van der Waals surface area contributed by atoms with E-state index in [1.165, 1.54) is 24.0 Å². The molecule has 2 saturated carbocycles. The molecule has 2 atom stereocenters. The fraction of sp³-hybridized carbons (Fsp3) is 0.667. The van der Waals surface area contributed by atoms with Crippen LogP contribution < -0.4 is 10.1 Å². The summed E-state index contributed by atoms with van der Waals surface area (Å²) in [7, 11) is 0. The van der Waals surface area contributed by atoms with E-state index in [1.54, 1.807) is 0 Å². The largest absolute Gasteiger partial charge is 0.490 e. The fourth-order valence-electron chi connectivity index (χ4n) is 3.58. The quantitative estimate of drug-likeness (QED) is 0.875. The molecule has 0 aromatic heterocycles. The Bertz CT molecular complexity index is 478. The van der Waals surface area contributed by atoms with Crippen molar-refractivity contribution in [3.63, 3.8) is 0 Å². The van der Waals surface area contributed by atoms with Crippen LogP contribution in [0.25, 0.3) is 0 Å². The Morgan fingerprint density at radius 1 is 1.19 bits per heavy atom. The van der Waals surface area contributed by atoms with Crippen LogP contribution in [0.5, 0.6) is 5.75 Å². The van der Waals surface area contributed by atoms with Gasteiger partial charge in [0.15, 0.2) is 0 Å². The van der Waals surface area contributed by atoms with Gasteiger partial charge in [0.25, 0.3) is 0 Å². The Kier molecular flexibility index (Phi) is 4.23. The first kappa shape index (κ1) is 14.9. The zero-order valence-corrected chi connectivity index (χ0v) is 13.2. The van der Waals surface area contributed by atoms with E-state index in [9.17, 15) is 5.11 Å². The monoisotopic (exact) mass is 289 g/mol. The number of aryl methyl sites for hydroxylation is 2. The number of benzene rings is 1. The zero-order chi connectivity index (χ0) is 14.9. The minimum Gasteiger partial charge on any atom is -0.490 e. The molecule has 1 aromatic carbocycles. The lowest BCUT2D eigenvalue weighted by molar-refractivity contribution is 0.0497. The summed E-state index contributed by atoms with van der Waals surface area (Å²) >= 11 is 0. The first-order valence-corrected chi connectivity index (χ1v) is 8.22. The van der Waals surface area contributed by atoms with E-state index in [-0.39, 0.29) is 18.2 Å². The van der Waals surface area contributed by atoms with E-state index in [2.05, 4.69) is 37.4 Å². The van der Waals surface area contributed by atoms with Gasteiger partial charge in [0.2, 0.25) is 0 Å². The Labute approximate surface area is 127 Å². The Hall–Kier alpha value is -1.06. The summed E-state index contributed by atoms with van der Waals surface area (Å²) in [5.74, 6) is 0.970. The SMILES string of the molecule is Cc1cc(C)cc(OC2CCCC(CO)(NC3CC3)C2)c1. The van der Waals surface area contributed by atoms with Crippen molar-refractivity contribution < 1.29 is 9.84 Å². The first-order chi connectivity index (χ1) is 10.1. The molecule has 3 heteroatoms. The Morgan fingerprint density at radius 2 is 1.90 bits per heavy atom. The van der Waals surface area contributed by atoms with Crippen molar-refractivity contribution in [3.8, 4) is 5.75 Å². The van der Waals surface area contributed by atoms with Crippen molar-refractivity contribution in [3.05, 3.63) is 29.3 Å². The van der Waals surface area contributed by atoms with Crippen LogP contribution in [-0.4, -0.2) is 29.4 Å². The maximum atomic E-state index is 9.87. The molecule has 0 bridgehead atoms. The van der Waals surface area contributed by atoms with Crippen LogP contribution in [0.15, 0.2) is 18.2 Å². The highest BCUT2D eigenvalue weighted by molar-refractivity contribution is 5.33. The molecule has 2 N–H and O–H groups in total. The molecule has 21 heavy (non-hydrogen) atoms. The van der Waals surface area contributed by atoms with Crippen LogP contribution in [0.4, 0.5) is 0 Å². The van der Waals surface area contributed by atoms with Crippen LogP contribution in [0.2, 0.25) is 0 Å². The predicted molar refractivity (Wildman–Crippen MR) is 84.8 cm³/mol. The molecule has 2 aliphatic rings. The molecule has 116 valence electrons. The first-order valence-electron chi connectivity index (χ1n) is 8.22. The van der Waals surface area contributed by atoms with Gasteiger partial charge >= 0.3 is 0 Å². The van der Waals surface area contributed by atoms with Gasteiger partial charge in [-0.15, -0.1) is 0 Å². The molecule has 2 unspecified atom stereocenters. The topological polar surface area (TPSA) is 41.5 Å². The second kappa shape index (κ2) is 5.98. The molecule has 0 spiro atoms. The molecule has 3 rings (SSSR count). The molecular formula is C18H27NO2. The van der Waals surface area contributed by atoms with E-state index in [0.717, 1.165) is 31.4 Å². The minimum absolute atomic E-state index is 0.122. The molecule has 0 saturated heterocycles. The number of hydrogen-bond donors (Lipinski definition) is 2. The number of rotatable bonds is 5. The molecule has 0 aliphatic heterocycles. The van der Waals surface area contributed by atoms with Gasteiger partial charge in [-0.2, -0.15) is 0 Å². The average molecular weight is 289 g/mol. The molecule has 2 fully saturated rings. The zero-order valence-electron chi connectivity index (χ0n) is 13.2. The highest BCUT2D eigenvalue weighted by atomic mass is 16.5. The van der Waals surface area contributed by atoms with Gasteiger partial charge in [-0.25, -0.2) is 0 Å². The van der Waals surface area contributed by atoms with Crippen LogP contribution in [0.1, 0.15) is 49.7 Å². The van der Waals surface area contributed by atoms with Gasteiger partial charge in [-0.3, -0.25) is 0 Å². The Morgan fingerprint density at radius 3 is 2.52 bits per heavy atom. The van der Waals surface area contributed by atoms with Crippen molar-refractivity contribution in [1.29, 1.82) is 0 Å². The van der Waals surface area contributed by atoms with Gasteiger partial charge in [-0.1, -0.05) is 6.07 Å². The van der Waals surface area contributed by atoms with Crippen molar-refractivity contribution in [2.24, 2.45) is 0 Å². The molecule has 3 nitrogen and oxygen atoms in total. The van der Waals surface area contributed by atoms with Gasteiger partial charge in [0.05, 0.1) is 6.61 Å².